The van der Waals surface area contributed by atoms with Gasteiger partial charge in [0.1, 0.15) is 11.3 Å². The van der Waals surface area contributed by atoms with E-state index in [1.54, 1.807) is 0 Å². The van der Waals surface area contributed by atoms with Crippen LogP contribution < -0.4 is 5.73 Å². The summed E-state index contributed by atoms with van der Waals surface area (Å²) in [5.41, 5.74) is 8.39. The predicted octanol–water partition coefficient (Wildman–Crippen LogP) is 2.93. The summed E-state index contributed by atoms with van der Waals surface area (Å²) in [5, 5.41) is 0. The van der Waals surface area contributed by atoms with Crippen LogP contribution in [0.4, 0.5) is 0 Å². The highest BCUT2D eigenvalue weighted by molar-refractivity contribution is 5.72. The average Bonchev–Trinajstić information content (AvgIpc) is 3.27. The number of hydrogen-bond donors (Lipinski definition) is 1. The van der Waals surface area contributed by atoms with Crippen LogP contribution in [0.5, 0.6) is 0 Å². The van der Waals surface area contributed by atoms with Crippen LogP contribution in [-0.2, 0) is 5.41 Å². The van der Waals surface area contributed by atoms with E-state index in [0.29, 0.717) is 12.6 Å². The second-order valence-electron chi connectivity index (χ2n) is 6.43. The molecule has 2 aromatic heterocycles. The number of fused-ring (bicyclic) bond motifs is 1. The summed E-state index contributed by atoms with van der Waals surface area (Å²) in [7, 11) is 0. The first kappa shape index (κ1) is 12.3. The van der Waals surface area contributed by atoms with Gasteiger partial charge in [0.2, 0.25) is 0 Å². The zero-order valence-electron chi connectivity index (χ0n) is 11.9. The number of pyridine rings is 1. The van der Waals surface area contributed by atoms with E-state index in [2.05, 4.69) is 15.6 Å². The molecule has 0 aliphatic heterocycles. The van der Waals surface area contributed by atoms with Gasteiger partial charge in [-0.1, -0.05) is 19.3 Å². The van der Waals surface area contributed by atoms with Gasteiger partial charge in [0.05, 0.1) is 0 Å². The fraction of sp³-hybridized carbons (Fsp3) is 0.625. The van der Waals surface area contributed by atoms with E-state index in [1.165, 1.54) is 50.8 Å². The Balaban J connectivity index is 1.91. The molecule has 0 bridgehead atoms. The Hall–Kier alpha value is -1.42. The van der Waals surface area contributed by atoms with Crippen molar-refractivity contribution in [1.29, 1.82) is 0 Å². The van der Waals surface area contributed by atoms with E-state index in [4.69, 9.17) is 10.7 Å². The van der Waals surface area contributed by atoms with Crippen LogP contribution in [0.2, 0.25) is 0 Å². The zero-order chi connectivity index (χ0) is 13.6. The highest BCUT2D eigenvalue weighted by Gasteiger charge is 2.40. The molecular formula is C16H22N4. The van der Waals surface area contributed by atoms with Crippen LogP contribution in [-0.4, -0.2) is 21.1 Å². The van der Waals surface area contributed by atoms with Crippen molar-refractivity contribution in [2.45, 2.75) is 56.4 Å². The monoisotopic (exact) mass is 270 g/mol. The van der Waals surface area contributed by atoms with Gasteiger partial charge in [0.15, 0.2) is 5.65 Å². The molecule has 4 rings (SSSR count). The first-order valence-corrected chi connectivity index (χ1v) is 7.88. The number of nitrogens with two attached hydrogens (primary N) is 1. The summed E-state index contributed by atoms with van der Waals surface area (Å²) in [5.74, 6) is 1.22. The van der Waals surface area contributed by atoms with Crippen molar-refractivity contribution >= 4 is 11.2 Å². The number of nitrogens with zero attached hydrogens (tertiary/aromatic N) is 3. The number of rotatable bonds is 3. The molecule has 2 aromatic rings. The smallest absolute Gasteiger partial charge is 0.160 e. The Labute approximate surface area is 119 Å². The maximum absolute atomic E-state index is 6.21. The van der Waals surface area contributed by atoms with Gasteiger partial charge in [0.25, 0.3) is 0 Å². The van der Waals surface area contributed by atoms with E-state index in [-0.39, 0.29) is 5.41 Å². The summed E-state index contributed by atoms with van der Waals surface area (Å²) in [6.07, 6.45) is 10.6. The Bertz CT molecular complexity index is 620. The van der Waals surface area contributed by atoms with E-state index in [9.17, 15) is 0 Å². The van der Waals surface area contributed by atoms with Crippen molar-refractivity contribution in [2.75, 3.05) is 6.54 Å². The van der Waals surface area contributed by atoms with E-state index < -0.39 is 0 Å². The first-order chi connectivity index (χ1) is 9.84. The lowest BCUT2D eigenvalue weighted by Gasteiger charge is -2.36. The van der Waals surface area contributed by atoms with Crippen molar-refractivity contribution in [3.05, 3.63) is 24.2 Å². The maximum Gasteiger partial charge on any atom is 0.160 e. The summed E-state index contributed by atoms with van der Waals surface area (Å²) in [6, 6.07) is 4.67. The van der Waals surface area contributed by atoms with Crippen LogP contribution in [0, 0.1) is 0 Å². The third-order valence-electron chi connectivity index (χ3n) is 5.04. The van der Waals surface area contributed by atoms with Gasteiger partial charge in [-0.25, -0.2) is 9.97 Å². The lowest BCUT2D eigenvalue weighted by molar-refractivity contribution is 0.278. The maximum atomic E-state index is 6.21. The minimum absolute atomic E-state index is 0.0849. The van der Waals surface area contributed by atoms with Gasteiger partial charge >= 0.3 is 0 Å². The molecule has 2 N–H and O–H groups in total. The van der Waals surface area contributed by atoms with E-state index >= 15 is 0 Å². The molecule has 0 unspecified atom stereocenters. The fourth-order valence-electron chi connectivity index (χ4n) is 3.73. The molecule has 0 amide bonds. The van der Waals surface area contributed by atoms with E-state index in [1.807, 2.05) is 12.3 Å². The minimum Gasteiger partial charge on any atom is -0.329 e. The molecule has 2 heterocycles. The molecule has 0 atom stereocenters. The van der Waals surface area contributed by atoms with Crippen LogP contribution in [0.15, 0.2) is 18.3 Å². The topological polar surface area (TPSA) is 56.7 Å². The molecule has 106 valence electrons. The second kappa shape index (κ2) is 4.55. The molecule has 20 heavy (non-hydrogen) atoms. The van der Waals surface area contributed by atoms with Crippen LogP contribution in [0.1, 0.15) is 56.8 Å². The molecule has 0 aromatic carbocycles. The fourth-order valence-corrected chi connectivity index (χ4v) is 3.73. The SMILES string of the molecule is NCC1(c2nc3cccnc3n2C2CC2)CCCCC1. The number of hydrogen-bond acceptors (Lipinski definition) is 3. The lowest BCUT2D eigenvalue weighted by Crippen LogP contribution is -2.39. The summed E-state index contributed by atoms with van der Waals surface area (Å²) in [6.45, 7) is 0.711. The van der Waals surface area contributed by atoms with Crippen molar-refractivity contribution in [2.24, 2.45) is 5.73 Å². The third-order valence-corrected chi connectivity index (χ3v) is 5.04. The zero-order valence-corrected chi connectivity index (χ0v) is 11.9. The van der Waals surface area contributed by atoms with Gasteiger partial charge in [-0.2, -0.15) is 0 Å². The van der Waals surface area contributed by atoms with Gasteiger partial charge < -0.3 is 10.3 Å². The molecule has 2 aliphatic carbocycles. The molecule has 0 spiro atoms. The highest BCUT2D eigenvalue weighted by Crippen LogP contribution is 2.45. The summed E-state index contributed by atoms with van der Waals surface area (Å²) in [4.78, 5) is 9.54. The van der Waals surface area contributed by atoms with Crippen LogP contribution in [0.3, 0.4) is 0 Å². The normalized spacial score (nSPS) is 22.2. The molecule has 2 aliphatic rings. The summed E-state index contributed by atoms with van der Waals surface area (Å²) >= 11 is 0. The molecular weight excluding hydrogens is 248 g/mol. The first-order valence-electron chi connectivity index (χ1n) is 7.88. The lowest BCUT2D eigenvalue weighted by atomic mass is 9.73. The van der Waals surface area contributed by atoms with E-state index in [0.717, 1.165) is 11.2 Å². The summed E-state index contributed by atoms with van der Waals surface area (Å²) < 4.78 is 2.41. The Morgan fingerprint density at radius 2 is 2.05 bits per heavy atom. The number of aromatic nitrogens is 3. The Kier molecular flexibility index (Phi) is 2.81. The molecule has 0 saturated heterocycles. The van der Waals surface area contributed by atoms with Gasteiger partial charge in [-0.15, -0.1) is 0 Å². The quantitative estimate of drug-likeness (QED) is 0.933. The molecule has 0 radical (unpaired) electrons. The standard InChI is InChI=1S/C16H22N4/c17-11-16(8-2-1-3-9-16)15-19-13-5-4-10-18-14(13)20(15)12-6-7-12/h4-5,10,12H,1-3,6-9,11,17H2. The van der Waals surface area contributed by atoms with Crippen molar-refractivity contribution in [3.8, 4) is 0 Å². The third kappa shape index (κ3) is 1.78. The van der Waals surface area contributed by atoms with Gasteiger partial charge in [-0.3, -0.25) is 0 Å². The average molecular weight is 270 g/mol. The van der Waals surface area contributed by atoms with Gasteiger partial charge in [-0.05, 0) is 37.8 Å². The Morgan fingerprint density at radius 1 is 1.25 bits per heavy atom. The van der Waals surface area contributed by atoms with Crippen molar-refractivity contribution < 1.29 is 0 Å². The second-order valence-corrected chi connectivity index (χ2v) is 6.43. The van der Waals surface area contributed by atoms with Gasteiger partial charge in [0, 0.05) is 24.2 Å². The minimum atomic E-state index is 0.0849. The number of imidazole rings is 1. The molecule has 2 saturated carbocycles. The van der Waals surface area contributed by atoms with Crippen molar-refractivity contribution in [3.63, 3.8) is 0 Å². The largest absolute Gasteiger partial charge is 0.329 e. The molecule has 4 heteroatoms. The van der Waals surface area contributed by atoms with Crippen molar-refractivity contribution in [1.82, 2.24) is 14.5 Å². The Morgan fingerprint density at radius 3 is 2.75 bits per heavy atom. The van der Waals surface area contributed by atoms with Crippen LogP contribution >= 0.6 is 0 Å². The highest BCUT2D eigenvalue weighted by atomic mass is 15.2. The molecule has 2 fully saturated rings. The predicted molar refractivity (Wildman–Crippen MR) is 79.6 cm³/mol. The van der Waals surface area contributed by atoms with Crippen LogP contribution in [0.25, 0.3) is 11.2 Å². The molecule has 4 nitrogen and oxygen atoms in total.